The number of aryl methyl sites for hydroxylation is 1. The van der Waals surface area contributed by atoms with Crippen molar-refractivity contribution in [2.75, 3.05) is 13.6 Å². The van der Waals surface area contributed by atoms with E-state index < -0.39 is 10.5 Å². The first-order chi connectivity index (χ1) is 10.4. The van der Waals surface area contributed by atoms with Crippen LogP contribution in [0.4, 0.5) is 5.69 Å². The van der Waals surface area contributed by atoms with E-state index in [0.717, 1.165) is 12.8 Å². The Labute approximate surface area is 129 Å². The number of rotatable bonds is 5. The second kappa shape index (κ2) is 6.44. The van der Waals surface area contributed by atoms with Gasteiger partial charge in [-0.1, -0.05) is 25.8 Å². The van der Waals surface area contributed by atoms with E-state index in [9.17, 15) is 20.0 Å². The Hall–Kier alpha value is -1.95. The summed E-state index contributed by atoms with van der Waals surface area (Å²) in [7, 11) is 1.62. The van der Waals surface area contributed by atoms with Crippen LogP contribution in [-0.4, -0.2) is 40.0 Å². The van der Waals surface area contributed by atoms with Crippen LogP contribution in [0.5, 0.6) is 0 Å². The molecular weight excluding hydrogens is 284 g/mol. The van der Waals surface area contributed by atoms with E-state index in [-0.39, 0.29) is 23.7 Å². The van der Waals surface area contributed by atoms with E-state index in [0.29, 0.717) is 24.8 Å². The summed E-state index contributed by atoms with van der Waals surface area (Å²) in [5.41, 5.74) is 0.0487. The van der Waals surface area contributed by atoms with Crippen LogP contribution >= 0.6 is 0 Å². The van der Waals surface area contributed by atoms with Crippen LogP contribution in [0, 0.1) is 10.1 Å². The predicted octanol–water partition coefficient (Wildman–Crippen LogP) is 2.53. The number of hydrogen-bond acceptors (Lipinski definition) is 4. The Morgan fingerprint density at radius 2 is 2.05 bits per heavy atom. The van der Waals surface area contributed by atoms with E-state index in [4.69, 9.17) is 0 Å². The molecule has 0 radical (unpaired) electrons. The summed E-state index contributed by atoms with van der Waals surface area (Å²) in [6.45, 7) is 2.10. The Bertz CT molecular complexity index is 580. The predicted molar refractivity (Wildman–Crippen MR) is 82.9 cm³/mol. The van der Waals surface area contributed by atoms with Gasteiger partial charge in [0, 0.05) is 30.8 Å². The topological polar surface area (TPSA) is 83.7 Å². The largest absolute Gasteiger partial charge is 0.388 e. The van der Waals surface area contributed by atoms with Gasteiger partial charge in [-0.05, 0) is 25.3 Å². The van der Waals surface area contributed by atoms with Gasteiger partial charge in [-0.2, -0.15) is 0 Å². The Kier molecular flexibility index (Phi) is 4.81. The third-order valence-corrected chi connectivity index (χ3v) is 4.32. The molecule has 1 aliphatic rings. The van der Waals surface area contributed by atoms with E-state index in [1.165, 1.54) is 11.0 Å². The molecule has 1 saturated carbocycles. The molecule has 0 unspecified atom stereocenters. The van der Waals surface area contributed by atoms with Crippen molar-refractivity contribution < 1.29 is 14.8 Å². The van der Waals surface area contributed by atoms with Gasteiger partial charge < -0.3 is 10.0 Å². The summed E-state index contributed by atoms with van der Waals surface area (Å²) in [6.07, 6.45) is 3.86. The summed E-state index contributed by atoms with van der Waals surface area (Å²) in [4.78, 5) is 24.5. The third kappa shape index (κ3) is 3.44. The average Bonchev–Trinajstić information content (AvgIpc) is 2.91. The van der Waals surface area contributed by atoms with Crippen molar-refractivity contribution in [1.29, 1.82) is 0 Å². The molecule has 22 heavy (non-hydrogen) atoms. The van der Waals surface area contributed by atoms with Crippen LogP contribution in [0.3, 0.4) is 0 Å². The number of benzene rings is 1. The molecule has 1 N–H and O–H groups in total. The molecule has 0 aromatic heterocycles. The molecule has 1 amide bonds. The lowest BCUT2D eigenvalue weighted by Gasteiger charge is -2.28. The van der Waals surface area contributed by atoms with Crippen LogP contribution in [0.1, 0.15) is 48.5 Å². The Balaban J connectivity index is 2.18. The van der Waals surface area contributed by atoms with Crippen molar-refractivity contribution in [3.8, 4) is 0 Å². The lowest BCUT2D eigenvalue weighted by molar-refractivity contribution is -0.385. The van der Waals surface area contributed by atoms with Crippen molar-refractivity contribution in [2.24, 2.45) is 0 Å². The van der Waals surface area contributed by atoms with Gasteiger partial charge in [0.2, 0.25) is 0 Å². The summed E-state index contributed by atoms with van der Waals surface area (Å²) in [6, 6.07) is 4.57. The quantitative estimate of drug-likeness (QED) is 0.669. The molecule has 1 aromatic rings. The summed E-state index contributed by atoms with van der Waals surface area (Å²) in [5, 5.41) is 21.5. The summed E-state index contributed by atoms with van der Waals surface area (Å²) < 4.78 is 0. The highest BCUT2D eigenvalue weighted by molar-refractivity contribution is 5.94. The molecule has 1 aromatic carbocycles. The highest BCUT2D eigenvalue weighted by Gasteiger charge is 2.33. The zero-order valence-corrected chi connectivity index (χ0v) is 13.0. The molecule has 2 rings (SSSR count). The minimum atomic E-state index is -0.820. The first kappa shape index (κ1) is 16.4. The number of nitro benzene ring substituents is 1. The second-order valence-corrected chi connectivity index (χ2v) is 6.05. The van der Waals surface area contributed by atoms with Gasteiger partial charge in [0.05, 0.1) is 10.5 Å². The molecule has 6 heteroatoms. The Morgan fingerprint density at radius 1 is 1.41 bits per heavy atom. The molecule has 0 spiro atoms. The van der Waals surface area contributed by atoms with Crippen molar-refractivity contribution in [2.45, 2.75) is 44.6 Å². The van der Waals surface area contributed by atoms with Crippen molar-refractivity contribution >= 4 is 11.6 Å². The highest BCUT2D eigenvalue weighted by atomic mass is 16.6. The van der Waals surface area contributed by atoms with Gasteiger partial charge in [0.15, 0.2) is 0 Å². The van der Waals surface area contributed by atoms with Crippen molar-refractivity contribution in [3.63, 3.8) is 0 Å². The average molecular weight is 306 g/mol. The molecule has 120 valence electrons. The maximum Gasteiger partial charge on any atom is 0.273 e. The standard InChI is InChI=1S/C16H22N2O4/c1-3-12-6-7-13(10-14(12)18(21)22)15(19)17(2)11-16(20)8-4-5-9-16/h6-7,10,20H,3-5,8-9,11H2,1-2H3. The summed E-state index contributed by atoms with van der Waals surface area (Å²) in [5.74, 6) is -0.300. The smallest absolute Gasteiger partial charge is 0.273 e. The molecular formula is C16H22N2O4. The molecule has 0 saturated heterocycles. The van der Waals surface area contributed by atoms with E-state index in [2.05, 4.69) is 0 Å². The normalized spacial score (nSPS) is 16.5. The lowest BCUT2D eigenvalue weighted by Crippen LogP contribution is -2.42. The number of aliphatic hydroxyl groups is 1. The highest BCUT2D eigenvalue weighted by Crippen LogP contribution is 2.30. The maximum atomic E-state index is 12.4. The number of nitrogens with zero attached hydrogens (tertiary/aromatic N) is 2. The number of carbonyl (C=O) groups is 1. The minimum Gasteiger partial charge on any atom is -0.388 e. The lowest BCUT2D eigenvalue weighted by atomic mass is 10.0. The van der Waals surface area contributed by atoms with Crippen LogP contribution < -0.4 is 0 Å². The Morgan fingerprint density at radius 3 is 2.59 bits per heavy atom. The fraction of sp³-hybridized carbons (Fsp3) is 0.562. The molecule has 1 fully saturated rings. The van der Waals surface area contributed by atoms with Gasteiger partial charge >= 0.3 is 0 Å². The monoisotopic (exact) mass is 306 g/mol. The first-order valence-electron chi connectivity index (χ1n) is 7.61. The number of nitro groups is 1. The van der Waals surface area contributed by atoms with Crippen LogP contribution in [0.2, 0.25) is 0 Å². The summed E-state index contributed by atoms with van der Waals surface area (Å²) >= 11 is 0. The van der Waals surface area contributed by atoms with Crippen LogP contribution in [0.15, 0.2) is 18.2 Å². The third-order valence-electron chi connectivity index (χ3n) is 4.32. The van der Waals surface area contributed by atoms with Crippen molar-refractivity contribution in [3.05, 3.63) is 39.4 Å². The second-order valence-electron chi connectivity index (χ2n) is 6.05. The van der Waals surface area contributed by atoms with E-state index in [1.807, 2.05) is 6.92 Å². The van der Waals surface area contributed by atoms with E-state index >= 15 is 0 Å². The fourth-order valence-corrected chi connectivity index (χ4v) is 3.09. The molecule has 0 atom stereocenters. The number of carbonyl (C=O) groups excluding carboxylic acids is 1. The van der Waals surface area contributed by atoms with Crippen LogP contribution in [0.25, 0.3) is 0 Å². The van der Waals surface area contributed by atoms with Gasteiger partial charge in [0.25, 0.3) is 11.6 Å². The SMILES string of the molecule is CCc1ccc(C(=O)N(C)CC2(O)CCCC2)cc1[N+](=O)[O-]. The van der Waals surface area contributed by atoms with Crippen molar-refractivity contribution in [1.82, 2.24) is 4.90 Å². The van der Waals surface area contributed by atoms with Gasteiger partial charge in [-0.25, -0.2) is 0 Å². The molecule has 0 heterocycles. The number of amides is 1. The zero-order valence-electron chi connectivity index (χ0n) is 13.0. The zero-order chi connectivity index (χ0) is 16.3. The van der Waals surface area contributed by atoms with Gasteiger partial charge in [-0.15, -0.1) is 0 Å². The van der Waals surface area contributed by atoms with Crippen LogP contribution in [-0.2, 0) is 6.42 Å². The molecule has 6 nitrogen and oxygen atoms in total. The first-order valence-corrected chi connectivity index (χ1v) is 7.61. The molecule has 0 aliphatic heterocycles. The fourth-order valence-electron chi connectivity index (χ4n) is 3.09. The van der Waals surface area contributed by atoms with Gasteiger partial charge in [0.1, 0.15) is 0 Å². The molecule has 0 bridgehead atoms. The number of likely N-dealkylation sites (N-methyl/N-ethyl adjacent to an activating group) is 1. The molecule has 1 aliphatic carbocycles. The maximum absolute atomic E-state index is 12.4. The van der Waals surface area contributed by atoms with Gasteiger partial charge in [-0.3, -0.25) is 14.9 Å². The number of hydrogen-bond donors (Lipinski definition) is 1. The minimum absolute atomic E-state index is 0.0265. The van der Waals surface area contributed by atoms with E-state index in [1.54, 1.807) is 19.2 Å².